The lowest BCUT2D eigenvalue weighted by Gasteiger charge is -2.18. The van der Waals surface area contributed by atoms with E-state index in [0.29, 0.717) is 19.3 Å². The Balaban J connectivity index is 4.27. The van der Waals surface area contributed by atoms with Crippen LogP contribution >= 0.6 is 0 Å². The Labute approximate surface area is 492 Å². The molecule has 0 heterocycles. The first kappa shape index (κ1) is 76.4. The van der Waals surface area contributed by atoms with Crippen LogP contribution in [-0.4, -0.2) is 37.2 Å². The molecule has 1 atom stereocenters. The van der Waals surface area contributed by atoms with Gasteiger partial charge in [-0.3, -0.25) is 14.4 Å². The third-order valence-electron chi connectivity index (χ3n) is 15.8. The molecule has 0 saturated carbocycles. The molecule has 0 aliphatic carbocycles. The molecule has 462 valence electrons. The molecule has 0 amide bonds. The minimum Gasteiger partial charge on any atom is -0.462 e. The SMILES string of the molecule is CC/C=C\C/C=C\C/C=C\C/C=C\CCCCC(=O)OCC(COC(=O)CCCCCCCCCCCCCCCCCCCCCCCCCCCC)OC(=O)CCCCCCCCCCCCCCCCCCCCCC. The fourth-order valence-electron chi connectivity index (χ4n) is 10.6. The van der Waals surface area contributed by atoms with Gasteiger partial charge in [0.15, 0.2) is 6.10 Å². The molecule has 79 heavy (non-hydrogen) atoms. The fraction of sp³-hybridized carbons (Fsp3) is 0.849. The van der Waals surface area contributed by atoms with Crippen LogP contribution in [0.3, 0.4) is 0 Å². The van der Waals surface area contributed by atoms with Crippen molar-refractivity contribution in [3.8, 4) is 0 Å². The van der Waals surface area contributed by atoms with Gasteiger partial charge in [0.1, 0.15) is 13.2 Å². The zero-order valence-corrected chi connectivity index (χ0v) is 53.2. The van der Waals surface area contributed by atoms with Crippen molar-refractivity contribution in [1.29, 1.82) is 0 Å². The normalized spacial score (nSPS) is 12.3. The molecule has 1 unspecified atom stereocenters. The van der Waals surface area contributed by atoms with Gasteiger partial charge < -0.3 is 14.2 Å². The highest BCUT2D eigenvalue weighted by molar-refractivity contribution is 5.71. The molecule has 0 aliphatic heterocycles. The molecular weight excluding hydrogens is 973 g/mol. The maximum Gasteiger partial charge on any atom is 0.306 e. The van der Waals surface area contributed by atoms with Gasteiger partial charge in [-0.1, -0.05) is 352 Å². The van der Waals surface area contributed by atoms with Gasteiger partial charge in [0, 0.05) is 19.3 Å². The van der Waals surface area contributed by atoms with E-state index in [0.717, 1.165) is 83.5 Å². The number of esters is 3. The van der Waals surface area contributed by atoms with E-state index in [-0.39, 0.29) is 31.1 Å². The van der Waals surface area contributed by atoms with E-state index in [1.807, 2.05) is 0 Å². The van der Waals surface area contributed by atoms with Gasteiger partial charge in [0.05, 0.1) is 0 Å². The zero-order valence-electron chi connectivity index (χ0n) is 53.2. The summed E-state index contributed by atoms with van der Waals surface area (Å²) < 4.78 is 17.0. The van der Waals surface area contributed by atoms with Gasteiger partial charge in [-0.25, -0.2) is 0 Å². The molecule has 0 spiro atoms. The molecule has 0 rings (SSSR count). The maximum atomic E-state index is 12.9. The molecule has 0 aliphatic rings. The molecule has 0 radical (unpaired) electrons. The van der Waals surface area contributed by atoms with Crippen molar-refractivity contribution >= 4 is 17.9 Å². The summed E-state index contributed by atoms with van der Waals surface area (Å²) in [6.07, 6.45) is 85.8. The van der Waals surface area contributed by atoms with E-state index in [2.05, 4.69) is 69.4 Å². The molecule has 6 heteroatoms. The van der Waals surface area contributed by atoms with Crippen LogP contribution in [-0.2, 0) is 28.6 Å². The Morgan fingerprint density at radius 3 is 0.772 bits per heavy atom. The van der Waals surface area contributed by atoms with Crippen LogP contribution in [0.25, 0.3) is 0 Å². The topological polar surface area (TPSA) is 78.9 Å². The minimum absolute atomic E-state index is 0.0809. The lowest BCUT2D eigenvalue weighted by atomic mass is 10.0. The Kier molecular flexibility index (Phi) is 65.6. The second kappa shape index (κ2) is 67.9. The first-order valence-corrected chi connectivity index (χ1v) is 35.1. The van der Waals surface area contributed by atoms with Gasteiger partial charge in [0.25, 0.3) is 0 Å². The average molecular weight is 1110 g/mol. The highest BCUT2D eigenvalue weighted by Crippen LogP contribution is 2.19. The molecule has 0 aromatic rings. The summed E-state index contributed by atoms with van der Waals surface area (Å²) in [5.74, 6) is -0.897. The summed E-state index contributed by atoms with van der Waals surface area (Å²) >= 11 is 0. The van der Waals surface area contributed by atoms with Crippen molar-refractivity contribution in [2.45, 2.75) is 386 Å². The zero-order chi connectivity index (χ0) is 57.1. The molecular formula is C73H134O6. The largest absolute Gasteiger partial charge is 0.462 e. The molecule has 0 aromatic heterocycles. The van der Waals surface area contributed by atoms with Gasteiger partial charge >= 0.3 is 17.9 Å². The lowest BCUT2D eigenvalue weighted by Crippen LogP contribution is -2.30. The Morgan fingerprint density at radius 2 is 0.494 bits per heavy atom. The third kappa shape index (κ3) is 66.1. The number of allylic oxidation sites excluding steroid dienone is 8. The minimum atomic E-state index is -0.788. The van der Waals surface area contributed by atoms with Gasteiger partial charge in [-0.05, 0) is 57.8 Å². The van der Waals surface area contributed by atoms with Crippen LogP contribution in [0.15, 0.2) is 48.6 Å². The van der Waals surface area contributed by atoms with Crippen LogP contribution in [0, 0.1) is 0 Å². The number of rotatable bonds is 65. The van der Waals surface area contributed by atoms with Crippen molar-refractivity contribution in [3.05, 3.63) is 48.6 Å². The number of ether oxygens (including phenoxy) is 3. The number of hydrogen-bond acceptors (Lipinski definition) is 6. The van der Waals surface area contributed by atoms with E-state index < -0.39 is 6.10 Å². The van der Waals surface area contributed by atoms with Gasteiger partial charge in [-0.2, -0.15) is 0 Å². The van der Waals surface area contributed by atoms with Crippen LogP contribution in [0.2, 0.25) is 0 Å². The summed E-state index contributed by atoms with van der Waals surface area (Å²) in [7, 11) is 0. The summed E-state index contributed by atoms with van der Waals surface area (Å²) in [5.41, 5.74) is 0. The Hall–Kier alpha value is -2.63. The first-order valence-electron chi connectivity index (χ1n) is 35.1. The maximum absolute atomic E-state index is 12.9. The second-order valence-corrected chi connectivity index (χ2v) is 23.8. The summed E-state index contributed by atoms with van der Waals surface area (Å²) in [4.78, 5) is 38.4. The monoisotopic (exact) mass is 1110 g/mol. The summed E-state index contributed by atoms with van der Waals surface area (Å²) in [6.45, 7) is 6.57. The van der Waals surface area contributed by atoms with Gasteiger partial charge in [0.2, 0.25) is 0 Å². The standard InChI is InChI=1S/C73H134O6/c1-4-7-10-13-16-19-22-25-28-30-32-34-35-36-37-38-39-41-42-45-48-51-54-57-60-63-66-72(75)78-69-70(68-77-71(74)65-62-59-56-53-50-47-44-27-24-21-18-15-12-9-6-3)79-73(76)67-64-61-58-55-52-49-46-43-40-33-31-29-26-23-20-17-14-11-8-5-2/h9,12,18,21,27,44,50,53,70H,4-8,10-11,13-17,19-20,22-26,28-43,45-49,51-52,54-69H2,1-3H3/b12-9-,21-18-,44-27-,53-50-. The summed E-state index contributed by atoms with van der Waals surface area (Å²) in [6, 6.07) is 0. The smallest absolute Gasteiger partial charge is 0.306 e. The first-order chi connectivity index (χ1) is 39.0. The van der Waals surface area contributed by atoms with Crippen molar-refractivity contribution in [3.63, 3.8) is 0 Å². The van der Waals surface area contributed by atoms with E-state index in [1.165, 1.54) is 257 Å². The Morgan fingerprint density at radius 1 is 0.266 bits per heavy atom. The van der Waals surface area contributed by atoms with Crippen molar-refractivity contribution in [2.75, 3.05) is 13.2 Å². The molecule has 0 bridgehead atoms. The predicted octanol–water partition coefficient (Wildman–Crippen LogP) is 24.1. The van der Waals surface area contributed by atoms with Crippen LogP contribution in [0.5, 0.6) is 0 Å². The molecule has 0 N–H and O–H groups in total. The number of carbonyl (C=O) groups excluding carboxylic acids is 3. The fourth-order valence-corrected chi connectivity index (χ4v) is 10.6. The molecule has 0 fully saturated rings. The third-order valence-corrected chi connectivity index (χ3v) is 15.8. The van der Waals surface area contributed by atoms with Crippen LogP contribution in [0.4, 0.5) is 0 Å². The lowest BCUT2D eigenvalue weighted by molar-refractivity contribution is -0.167. The second-order valence-electron chi connectivity index (χ2n) is 23.8. The van der Waals surface area contributed by atoms with Crippen LogP contribution in [0.1, 0.15) is 380 Å². The Bertz CT molecular complexity index is 1360. The number of carbonyl (C=O) groups is 3. The van der Waals surface area contributed by atoms with Crippen LogP contribution < -0.4 is 0 Å². The quantitative estimate of drug-likeness (QED) is 0.0261. The van der Waals surface area contributed by atoms with E-state index in [1.54, 1.807) is 0 Å². The number of unbranched alkanes of at least 4 members (excludes halogenated alkanes) is 46. The highest BCUT2D eigenvalue weighted by atomic mass is 16.6. The molecule has 0 saturated heterocycles. The number of hydrogen-bond donors (Lipinski definition) is 0. The van der Waals surface area contributed by atoms with Crippen molar-refractivity contribution < 1.29 is 28.6 Å². The predicted molar refractivity (Wildman–Crippen MR) is 344 cm³/mol. The van der Waals surface area contributed by atoms with Crippen molar-refractivity contribution in [1.82, 2.24) is 0 Å². The van der Waals surface area contributed by atoms with E-state index >= 15 is 0 Å². The van der Waals surface area contributed by atoms with E-state index in [4.69, 9.17) is 14.2 Å². The van der Waals surface area contributed by atoms with E-state index in [9.17, 15) is 14.4 Å². The highest BCUT2D eigenvalue weighted by Gasteiger charge is 2.19. The van der Waals surface area contributed by atoms with Crippen molar-refractivity contribution in [2.24, 2.45) is 0 Å². The molecule has 6 nitrogen and oxygen atoms in total. The van der Waals surface area contributed by atoms with Gasteiger partial charge in [-0.15, -0.1) is 0 Å². The summed E-state index contributed by atoms with van der Waals surface area (Å²) in [5, 5.41) is 0. The average Bonchev–Trinajstić information content (AvgIpc) is 3.45. The molecule has 0 aromatic carbocycles.